The minimum absolute atomic E-state index is 0.0138. The standard InChI is InChI=1S/C22H20N4O2S/c1-13-17-11-15(9-10-18(17)23-21(13)28)19(27)12-29-22-25-24-20(14-7-8-14)26(22)16-5-3-2-4-6-16/h2-6,9-11,13-14H,7-8,12H2,1H3,(H,23,28)/t13-/m0/s1. The Hall–Kier alpha value is -2.93. The number of carbonyl (C=O) groups is 2. The van der Waals surface area contributed by atoms with Crippen LogP contribution in [-0.4, -0.2) is 32.2 Å². The summed E-state index contributed by atoms with van der Waals surface area (Å²) in [6.07, 6.45) is 2.27. The Morgan fingerprint density at radius 1 is 1.17 bits per heavy atom. The molecule has 0 bridgehead atoms. The number of ketones is 1. The van der Waals surface area contributed by atoms with Crippen LogP contribution in [0.2, 0.25) is 0 Å². The van der Waals surface area contributed by atoms with Gasteiger partial charge in [-0.15, -0.1) is 10.2 Å². The van der Waals surface area contributed by atoms with Crippen LogP contribution in [0.15, 0.2) is 53.7 Å². The highest BCUT2D eigenvalue weighted by molar-refractivity contribution is 7.99. The van der Waals surface area contributed by atoms with Crippen LogP contribution in [0.1, 0.15) is 53.3 Å². The van der Waals surface area contributed by atoms with Gasteiger partial charge in [0.2, 0.25) is 5.91 Å². The molecule has 6 nitrogen and oxygen atoms in total. The number of aromatic nitrogens is 3. The average molecular weight is 404 g/mol. The van der Waals surface area contributed by atoms with Crippen molar-refractivity contribution in [3.8, 4) is 5.69 Å². The normalized spacial score (nSPS) is 17.8. The van der Waals surface area contributed by atoms with Gasteiger partial charge in [0.15, 0.2) is 10.9 Å². The number of Topliss-reactive ketones (excluding diaryl/α,β-unsaturated/α-hetero) is 1. The third kappa shape index (κ3) is 3.35. The third-order valence-electron chi connectivity index (χ3n) is 5.44. The van der Waals surface area contributed by atoms with Crippen molar-refractivity contribution in [3.63, 3.8) is 0 Å². The number of carbonyl (C=O) groups excluding carboxylic acids is 2. The largest absolute Gasteiger partial charge is 0.325 e. The minimum atomic E-state index is -0.229. The predicted octanol–water partition coefficient (Wildman–Crippen LogP) is 4.18. The van der Waals surface area contributed by atoms with Gasteiger partial charge in [0.1, 0.15) is 5.82 Å². The summed E-state index contributed by atoms with van der Waals surface area (Å²) in [5, 5.41) is 12.3. The van der Waals surface area contributed by atoms with Crippen molar-refractivity contribution in [3.05, 3.63) is 65.5 Å². The molecule has 7 heteroatoms. The second-order valence-corrected chi connectivity index (χ2v) is 8.45. The number of hydrogen-bond donors (Lipinski definition) is 1. The van der Waals surface area contributed by atoms with Gasteiger partial charge in [-0.05, 0) is 55.7 Å². The molecule has 1 N–H and O–H groups in total. The first-order chi connectivity index (χ1) is 14.1. The van der Waals surface area contributed by atoms with Crippen molar-refractivity contribution in [2.45, 2.75) is 36.8 Å². The fourth-order valence-corrected chi connectivity index (χ4v) is 4.46. The highest BCUT2D eigenvalue weighted by atomic mass is 32.2. The summed E-state index contributed by atoms with van der Waals surface area (Å²) in [6, 6.07) is 15.5. The Morgan fingerprint density at radius 3 is 2.72 bits per heavy atom. The van der Waals surface area contributed by atoms with Gasteiger partial charge in [-0.25, -0.2) is 0 Å². The van der Waals surface area contributed by atoms with E-state index in [9.17, 15) is 9.59 Å². The summed E-state index contributed by atoms with van der Waals surface area (Å²) in [6.45, 7) is 1.85. The Morgan fingerprint density at radius 2 is 1.97 bits per heavy atom. The molecule has 2 aliphatic rings. The first kappa shape index (κ1) is 18.1. The zero-order chi connectivity index (χ0) is 20.0. The minimum Gasteiger partial charge on any atom is -0.325 e. The maximum atomic E-state index is 12.8. The molecule has 3 aromatic rings. The van der Waals surface area contributed by atoms with Gasteiger partial charge >= 0.3 is 0 Å². The number of hydrogen-bond acceptors (Lipinski definition) is 5. The van der Waals surface area contributed by atoms with Crippen molar-refractivity contribution in [2.24, 2.45) is 0 Å². The number of amides is 1. The molecule has 0 saturated heterocycles. The summed E-state index contributed by atoms with van der Waals surface area (Å²) in [5.41, 5.74) is 3.32. The van der Waals surface area contributed by atoms with Crippen molar-refractivity contribution in [1.29, 1.82) is 0 Å². The molecule has 29 heavy (non-hydrogen) atoms. The van der Waals surface area contributed by atoms with Gasteiger partial charge in [-0.2, -0.15) is 0 Å². The molecule has 1 atom stereocenters. The van der Waals surface area contributed by atoms with E-state index in [1.807, 2.05) is 49.4 Å². The molecule has 1 amide bonds. The van der Waals surface area contributed by atoms with Crippen molar-refractivity contribution in [2.75, 3.05) is 11.1 Å². The summed E-state index contributed by atoms with van der Waals surface area (Å²) in [4.78, 5) is 24.7. The molecule has 1 fully saturated rings. The van der Waals surface area contributed by atoms with E-state index in [1.54, 1.807) is 6.07 Å². The summed E-state index contributed by atoms with van der Waals surface area (Å²) >= 11 is 1.40. The van der Waals surface area contributed by atoms with E-state index < -0.39 is 0 Å². The number of nitrogens with one attached hydrogen (secondary N) is 1. The molecule has 146 valence electrons. The van der Waals surface area contributed by atoms with E-state index in [1.165, 1.54) is 11.8 Å². The SMILES string of the molecule is C[C@@H]1C(=O)Nc2ccc(C(=O)CSc3nnc(C4CC4)n3-c3ccccc3)cc21. The van der Waals surface area contributed by atoms with E-state index in [2.05, 4.69) is 20.1 Å². The lowest BCUT2D eigenvalue weighted by atomic mass is 9.99. The smallest absolute Gasteiger partial charge is 0.231 e. The predicted molar refractivity (Wildman–Crippen MR) is 112 cm³/mol. The molecule has 2 heterocycles. The van der Waals surface area contributed by atoms with E-state index in [0.29, 0.717) is 11.5 Å². The molecule has 1 aliphatic carbocycles. The lowest BCUT2D eigenvalue weighted by Crippen LogP contribution is -2.08. The Labute approximate surface area is 172 Å². The Balaban J connectivity index is 1.37. The van der Waals surface area contributed by atoms with E-state index >= 15 is 0 Å². The molecular formula is C22H20N4O2S. The number of para-hydroxylation sites is 1. The first-order valence-corrected chi connectivity index (χ1v) is 10.7. The van der Waals surface area contributed by atoms with Gasteiger partial charge in [0.25, 0.3) is 0 Å². The molecule has 0 spiro atoms. The highest BCUT2D eigenvalue weighted by Crippen LogP contribution is 2.41. The molecule has 1 saturated carbocycles. The maximum Gasteiger partial charge on any atom is 0.231 e. The second-order valence-electron chi connectivity index (χ2n) is 7.51. The summed E-state index contributed by atoms with van der Waals surface area (Å²) in [5.74, 6) is 1.46. The number of nitrogens with zero attached hydrogens (tertiary/aromatic N) is 3. The topological polar surface area (TPSA) is 76.9 Å². The van der Waals surface area contributed by atoms with Crippen LogP contribution in [-0.2, 0) is 4.79 Å². The number of fused-ring (bicyclic) bond motifs is 1. The van der Waals surface area contributed by atoms with Crippen LogP contribution in [0.4, 0.5) is 5.69 Å². The highest BCUT2D eigenvalue weighted by Gasteiger charge is 2.31. The van der Waals surface area contributed by atoms with E-state index in [0.717, 1.165) is 40.8 Å². The van der Waals surface area contributed by atoms with Crippen LogP contribution in [0.5, 0.6) is 0 Å². The van der Waals surface area contributed by atoms with Crippen molar-refractivity contribution in [1.82, 2.24) is 14.8 Å². The fraction of sp³-hybridized carbons (Fsp3) is 0.273. The van der Waals surface area contributed by atoms with Crippen molar-refractivity contribution < 1.29 is 9.59 Å². The number of benzene rings is 2. The van der Waals surface area contributed by atoms with Crippen LogP contribution in [0, 0.1) is 0 Å². The molecule has 2 aromatic carbocycles. The van der Waals surface area contributed by atoms with Crippen molar-refractivity contribution >= 4 is 29.1 Å². The lowest BCUT2D eigenvalue weighted by molar-refractivity contribution is -0.116. The Kier molecular flexibility index (Phi) is 4.47. The Bertz CT molecular complexity index is 1110. The van der Waals surface area contributed by atoms with Gasteiger partial charge in [-0.1, -0.05) is 30.0 Å². The summed E-state index contributed by atoms with van der Waals surface area (Å²) < 4.78 is 2.07. The molecule has 0 unspecified atom stereocenters. The number of anilines is 1. The van der Waals surface area contributed by atoms with Crippen LogP contribution < -0.4 is 5.32 Å². The fourth-order valence-electron chi connectivity index (χ4n) is 3.60. The van der Waals surface area contributed by atoms with Gasteiger partial charge < -0.3 is 5.32 Å². The molecular weight excluding hydrogens is 384 g/mol. The summed E-state index contributed by atoms with van der Waals surface area (Å²) in [7, 11) is 0. The second kappa shape index (κ2) is 7.15. The van der Waals surface area contributed by atoms with Gasteiger partial charge in [0.05, 0.1) is 11.7 Å². The monoisotopic (exact) mass is 404 g/mol. The van der Waals surface area contributed by atoms with Crippen LogP contribution in [0.3, 0.4) is 0 Å². The van der Waals surface area contributed by atoms with E-state index in [-0.39, 0.29) is 23.4 Å². The van der Waals surface area contributed by atoms with E-state index in [4.69, 9.17) is 0 Å². The maximum absolute atomic E-state index is 12.8. The average Bonchev–Trinajstić information content (AvgIpc) is 3.44. The molecule has 0 radical (unpaired) electrons. The number of thioether (sulfide) groups is 1. The number of rotatable bonds is 6. The zero-order valence-electron chi connectivity index (χ0n) is 16.0. The third-order valence-corrected chi connectivity index (χ3v) is 6.37. The van der Waals surface area contributed by atoms with Gasteiger partial charge in [-0.3, -0.25) is 14.2 Å². The lowest BCUT2D eigenvalue weighted by Gasteiger charge is -2.10. The van der Waals surface area contributed by atoms with Gasteiger partial charge in [0, 0.05) is 22.9 Å². The first-order valence-electron chi connectivity index (χ1n) is 9.73. The zero-order valence-corrected chi connectivity index (χ0v) is 16.8. The molecule has 1 aliphatic heterocycles. The molecule has 5 rings (SSSR count). The quantitative estimate of drug-likeness (QED) is 0.493. The molecule has 1 aromatic heterocycles. The van der Waals surface area contributed by atoms with Crippen LogP contribution >= 0.6 is 11.8 Å². The van der Waals surface area contributed by atoms with Crippen LogP contribution in [0.25, 0.3) is 5.69 Å².